The smallest absolute Gasteiger partial charge is 0.302 e. The lowest BCUT2D eigenvalue weighted by atomic mass is 10.5. The summed E-state index contributed by atoms with van der Waals surface area (Å²) in [6, 6.07) is 0. The molecular formula is C10H24O5. The summed E-state index contributed by atoms with van der Waals surface area (Å²) in [6.45, 7) is 7.24. The number of hydrogen-bond acceptors (Lipinski definition) is 5. The fraction of sp³-hybridized carbons (Fsp3) is 0.900. The minimum Gasteiger partial charge on any atom is -0.466 e. The minimum absolute atomic E-state index is 0.139. The third-order valence-electron chi connectivity index (χ3n) is 0.774. The Morgan fingerprint density at radius 1 is 1.33 bits per heavy atom. The Balaban J connectivity index is -0.000000158. The van der Waals surface area contributed by atoms with Crippen LogP contribution in [0, 0.1) is 0 Å². The number of hydrogen-bond donors (Lipinski definition) is 3. The molecule has 94 valence electrons. The van der Waals surface area contributed by atoms with Crippen LogP contribution in [0.3, 0.4) is 0 Å². The van der Waals surface area contributed by atoms with Gasteiger partial charge in [0.05, 0.1) is 19.3 Å². The molecule has 3 N–H and O–H groups in total. The van der Waals surface area contributed by atoms with Crippen LogP contribution in [-0.4, -0.2) is 47.2 Å². The Morgan fingerprint density at radius 3 is 1.73 bits per heavy atom. The minimum atomic E-state index is -0.560. The Morgan fingerprint density at radius 2 is 1.67 bits per heavy atom. The molecule has 0 aromatic rings. The first kappa shape index (κ1) is 19.9. The van der Waals surface area contributed by atoms with E-state index in [4.69, 9.17) is 15.3 Å². The highest BCUT2D eigenvalue weighted by atomic mass is 16.5. The van der Waals surface area contributed by atoms with E-state index in [2.05, 4.69) is 4.74 Å². The van der Waals surface area contributed by atoms with E-state index < -0.39 is 6.10 Å². The van der Waals surface area contributed by atoms with E-state index in [0.717, 1.165) is 6.42 Å². The molecule has 0 bridgehead atoms. The number of ether oxygens (including phenoxy) is 1. The number of aliphatic hydroxyl groups excluding tert-OH is 3. The maximum Gasteiger partial charge on any atom is 0.302 e. The van der Waals surface area contributed by atoms with Gasteiger partial charge in [0.2, 0.25) is 0 Å². The number of carbonyl (C=O) groups excluding carboxylic acids is 1. The quantitative estimate of drug-likeness (QED) is 0.601. The van der Waals surface area contributed by atoms with Crippen molar-refractivity contribution in [2.45, 2.75) is 40.2 Å². The van der Waals surface area contributed by atoms with Gasteiger partial charge in [-0.25, -0.2) is 0 Å². The van der Waals surface area contributed by atoms with E-state index in [0.29, 0.717) is 6.61 Å². The predicted octanol–water partition coefficient (Wildman–Crippen LogP) is 0.318. The Hall–Kier alpha value is -0.650. The third-order valence-corrected chi connectivity index (χ3v) is 0.774. The molecule has 1 unspecified atom stereocenters. The summed E-state index contributed by atoms with van der Waals surface area (Å²) in [6.07, 6.45) is 0.342. The molecule has 0 aromatic carbocycles. The fourth-order valence-electron chi connectivity index (χ4n) is 0.246. The van der Waals surface area contributed by atoms with Crippen LogP contribution in [-0.2, 0) is 9.53 Å². The molecular weight excluding hydrogens is 200 g/mol. The van der Waals surface area contributed by atoms with Gasteiger partial charge in [-0.1, -0.05) is 6.92 Å². The average molecular weight is 224 g/mol. The topological polar surface area (TPSA) is 87.0 Å². The van der Waals surface area contributed by atoms with Crippen molar-refractivity contribution in [3.05, 3.63) is 0 Å². The van der Waals surface area contributed by atoms with Crippen molar-refractivity contribution in [2.75, 3.05) is 19.8 Å². The molecule has 0 saturated carbocycles. The normalized spacial score (nSPS) is 10.1. The van der Waals surface area contributed by atoms with E-state index in [-0.39, 0.29) is 19.2 Å². The molecule has 0 saturated heterocycles. The molecule has 1 atom stereocenters. The van der Waals surface area contributed by atoms with Gasteiger partial charge in [0.15, 0.2) is 0 Å². The molecule has 0 rings (SSSR count). The molecule has 5 nitrogen and oxygen atoms in total. The van der Waals surface area contributed by atoms with E-state index >= 15 is 0 Å². The van der Waals surface area contributed by atoms with Crippen LogP contribution in [0.15, 0.2) is 0 Å². The molecule has 0 aliphatic carbocycles. The monoisotopic (exact) mass is 224 g/mol. The SMILES string of the molecule is CC(O)CO.CCCOC(C)=O.CCO. The zero-order chi connectivity index (χ0) is 12.7. The lowest BCUT2D eigenvalue weighted by molar-refractivity contribution is -0.140. The second-order valence-electron chi connectivity index (χ2n) is 2.69. The van der Waals surface area contributed by atoms with Crippen molar-refractivity contribution < 1.29 is 24.9 Å². The van der Waals surface area contributed by atoms with E-state index in [9.17, 15) is 4.79 Å². The summed E-state index contributed by atoms with van der Waals surface area (Å²) in [5.74, 6) is -0.193. The Bertz CT molecular complexity index is 114. The van der Waals surface area contributed by atoms with Gasteiger partial charge in [-0.15, -0.1) is 0 Å². The van der Waals surface area contributed by atoms with E-state index in [1.165, 1.54) is 13.8 Å². The average Bonchev–Trinajstić information content (AvgIpc) is 2.16. The standard InChI is InChI=1S/C5H10O2.C3H8O2.C2H6O/c1-3-4-7-5(2)6;1-3(5)2-4;1-2-3/h3-4H2,1-2H3;3-5H,2H2,1H3;3H,2H2,1H3. The van der Waals surface area contributed by atoms with Crippen LogP contribution in [0.5, 0.6) is 0 Å². The van der Waals surface area contributed by atoms with Crippen LogP contribution in [0.1, 0.15) is 34.1 Å². The molecule has 0 aromatic heterocycles. The third kappa shape index (κ3) is 60.1. The molecule has 15 heavy (non-hydrogen) atoms. The maximum atomic E-state index is 9.98. The van der Waals surface area contributed by atoms with Crippen molar-refractivity contribution in [3.8, 4) is 0 Å². The highest BCUT2D eigenvalue weighted by molar-refractivity contribution is 5.65. The molecule has 0 amide bonds. The fourth-order valence-corrected chi connectivity index (χ4v) is 0.246. The Kier molecular flexibility index (Phi) is 25.2. The Labute approximate surface area is 91.7 Å². The van der Waals surface area contributed by atoms with Gasteiger partial charge in [-0.2, -0.15) is 0 Å². The van der Waals surface area contributed by atoms with Crippen molar-refractivity contribution in [1.29, 1.82) is 0 Å². The zero-order valence-electron chi connectivity index (χ0n) is 10.1. The number of carbonyl (C=O) groups is 1. The van der Waals surface area contributed by atoms with Crippen LogP contribution >= 0.6 is 0 Å². The van der Waals surface area contributed by atoms with Gasteiger partial charge in [0, 0.05) is 13.5 Å². The van der Waals surface area contributed by atoms with Crippen molar-refractivity contribution in [1.82, 2.24) is 0 Å². The molecule has 5 heteroatoms. The maximum absolute atomic E-state index is 9.98. The second-order valence-corrected chi connectivity index (χ2v) is 2.69. The van der Waals surface area contributed by atoms with Gasteiger partial charge < -0.3 is 20.1 Å². The van der Waals surface area contributed by atoms with Gasteiger partial charge >= 0.3 is 5.97 Å². The first-order chi connectivity index (χ1) is 6.95. The van der Waals surface area contributed by atoms with Crippen molar-refractivity contribution in [3.63, 3.8) is 0 Å². The lowest BCUT2D eigenvalue weighted by Crippen LogP contribution is -2.03. The number of rotatable bonds is 3. The second kappa shape index (κ2) is 19.0. The molecule has 0 aliphatic heterocycles. The molecule has 0 fully saturated rings. The zero-order valence-corrected chi connectivity index (χ0v) is 10.1. The number of aliphatic hydroxyl groups is 3. The van der Waals surface area contributed by atoms with Gasteiger partial charge in [0.25, 0.3) is 0 Å². The summed E-state index contributed by atoms with van der Waals surface area (Å²) in [5.41, 5.74) is 0. The van der Waals surface area contributed by atoms with E-state index in [1.54, 1.807) is 6.92 Å². The molecule has 0 spiro atoms. The summed E-state index contributed by atoms with van der Waals surface area (Å²) < 4.78 is 4.55. The van der Waals surface area contributed by atoms with Crippen LogP contribution in [0.25, 0.3) is 0 Å². The summed E-state index contributed by atoms with van der Waals surface area (Å²) in [7, 11) is 0. The van der Waals surface area contributed by atoms with Crippen LogP contribution in [0.4, 0.5) is 0 Å². The first-order valence-corrected chi connectivity index (χ1v) is 4.99. The highest BCUT2D eigenvalue weighted by Crippen LogP contribution is 1.78. The largest absolute Gasteiger partial charge is 0.466 e. The van der Waals surface area contributed by atoms with Crippen molar-refractivity contribution >= 4 is 5.97 Å². The predicted molar refractivity (Wildman–Crippen MR) is 58.5 cm³/mol. The van der Waals surface area contributed by atoms with Crippen LogP contribution < -0.4 is 0 Å². The molecule has 0 heterocycles. The van der Waals surface area contributed by atoms with Crippen molar-refractivity contribution in [2.24, 2.45) is 0 Å². The molecule has 0 radical (unpaired) electrons. The van der Waals surface area contributed by atoms with E-state index in [1.807, 2.05) is 6.92 Å². The summed E-state index contributed by atoms with van der Waals surface area (Å²) in [5, 5.41) is 23.6. The first-order valence-electron chi connectivity index (χ1n) is 4.99. The summed E-state index contributed by atoms with van der Waals surface area (Å²) >= 11 is 0. The van der Waals surface area contributed by atoms with Gasteiger partial charge in [-0.3, -0.25) is 4.79 Å². The number of esters is 1. The van der Waals surface area contributed by atoms with Crippen LogP contribution in [0.2, 0.25) is 0 Å². The highest BCUT2D eigenvalue weighted by Gasteiger charge is 1.85. The van der Waals surface area contributed by atoms with Gasteiger partial charge in [0.1, 0.15) is 0 Å². The lowest BCUT2D eigenvalue weighted by Gasteiger charge is -1.93. The summed E-state index contributed by atoms with van der Waals surface area (Å²) in [4.78, 5) is 9.98. The molecule has 0 aliphatic rings. The van der Waals surface area contributed by atoms with Gasteiger partial charge in [-0.05, 0) is 20.3 Å².